The summed E-state index contributed by atoms with van der Waals surface area (Å²) < 4.78 is 48.6. The molecule has 3 rings (SSSR count). The van der Waals surface area contributed by atoms with Gasteiger partial charge >= 0.3 is 6.18 Å². The summed E-state index contributed by atoms with van der Waals surface area (Å²) in [5, 5.41) is 4.06. The molecule has 0 saturated heterocycles. The van der Waals surface area contributed by atoms with Gasteiger partial charge in [0.2, 0.25) is 0 Å². The number of guanidine groups is 1. The third-order valence-corrected chi connectivity index (χ3v) is 4.08. The minimum absolute atomic E-state index is 0. The molecule has 1 aliphatic heterocycles. The molecule has 0 unspecified atom stereocenters. The van der Waals surface area contributed by atoms with Crippen molar-refractivity contribution in [2.75, 3.05) is 18.5 Å². The van der Waals surface area contributed by atoms with Crippen molar-refractivity contribution in [2.24, 2.45) is 10.7 Å². The fourth-order valence-electron chi connectivity index (χ4n) is 2.09. The number of halogens is 4. The first-order chi connectivity index (χ1) is 11.9. The van der Waals surface area contributed by atoms with Crippen molar-refractivity contribution in [3.63, 3.8) is 0 Å². The summed E-state index contributed by atoms with van der Waals surface area (Å²) in [5.41, 5.74) is 5.49. The highest BCUT2D eigenvalue weighted by Crippen LogP contribution is 2.32. The predicted molar refractivity (Wildman–Crippen MR) is 104 cm³/mol. The standard InChI is InChI=1S/C15H15F3N4O2S.HI/c16-15(17,18)12-8-25-13(22-12)7-20-14(19)21-9-2-3-10-11(6-9)24-5-1-4-23-10;/h2-3,6,8H,1,4-5,7H2,(H3,19,20,21);1H. The number of nitrogens with one attached hydrogen (secondary N) is 1. The van der Waals surface area contributed by atoms with Crippen LogP contribution in [0.4, 0.5) is 18.9 Å². The number of aliphatic imine (C=N–C) groups is 1. The van der Waals surface area contributed by atoms with Gasteiger partial charge in [0.05, 0.1) is 19.8 Å². The van der Waals surface area contributed by atoms with Gasteiger partial charge in [-0.3, -0.25) is 0 Å². The molecule has 0 fully saturated rings. The second-order valence-electron chi connectivity index (χ2n) is 5.16. The van der Waals surface area contributed by atoms with Crippen LogP contribution in [0, 0.1) is 0 Å². The lowest BCUT2D eigenvalue weighted by molar-refractivity contribution is -0.140. The van der Waals surface area contributed by atoms with E-state index in [1.165, 1.54) is 0 Å². The molecule has 1 aromatic heterocycles. The lowest BCUT2D eigenvalue weighted by Crippen LogP contribution is -2.22. The molecule has 11 heteroatoms. The summed E-state index contributed by atoms with van der Waals surface area (Å²) in [7, 11) is 0. The lowest BCUT2D eigenvalue weighted by Gasteiger charge is -2.10. The van der Waals surface area contributed by atoms with Crippen molar-refractivity contribution in [2.45, 2.75) is 19.1 Å². The second-order valence-corrected chi connectivity index (χ2v) is 6.11. The number of hydrogen-bond donors (Lipinski definition) is 2. The molecule has 2 heterocycles. The normalized spacial score (nSPS) is 14.3. The van der Waals surface area contributed by atoms with Crippen LogP contribution < -0.4 is 20.5 Å². The highest BCUT2D eigenvalue weighted by molar-refractivity contribution is 14.0. The number of fused-ring (bicyclic) bond motifs is 1. The number of ether oxygens (including phenoxy) is 2. The number of hydrogen-bond acceptors (Lipinski definition) is 5. The van der Waals surface area contributed by atoms with Crippen molar-refractivity contribution in [3.05, 3.63) is 34.3 Å². The molecule has 0 atom stereocenters. The van der Waals surface area contributed by atoms with Crippen molar-refractivity contribution in [1.82, 2.24) is 4.98 Å². The number of aromatic nitrogens is 1. The van der Waals surface area contributed by atoms with Crippen LogP contribution in [-0.4, -0.2) is 24.2 Å². The van der Waals surface area contributed by atoms with Crippen LogP contribution in [0.5, 0.6) is 11.5 Å². The molecule has 0 spiro atoms. The Morgan fingerprint density at radius 3 is 2.69 bits per heavy atom. The highest BCUT2D eigenvalue weighted by Gasteiger charge is 2.33. The predicted octanol–water partition coefficient (Wildman–Crippen LogP) is 3.87. The molecule has 2 aromatic rings. The van der Waals surface area contributed by atoms with Gasteiger partial charge in [0.15, 0.2) is 23.2 Å². The number of nitrogens with zero attached hydrogens (tertiary/aromatic N) is 2. The highest BCUT2D eigenvalue weighted by atomic mass is 127. The molecule has 0 aliphatic carbocycles. The first-order valence-electron chi connectivity index (χ1n) is 7.40. The molecule has 1 aliphatic rings. The Kier molecular flexibility index (Phi) is 6.92. The van der Waals surface area contributed by atoms with Gasteiger partial charge in [0.1, 0.15) is 5.01 Å². The Morgan fingerprint density at radius 2 is 2.00 bits per heavy atom. The lowest BCUT2D eigenvalue weighted by atomic mass is 10.3. The van der Waals surface area contributed by atoms with Gasteiger partial charge in [-0.1, -0.05) is 0 Å². The van der Waals surface area contributed by atoms with E-state index in [1.54, 1.807) is 18.2 Å². The van der Waals surface area contributed by atoms with Crippen molar-refractivity contribution in [1.29, 1.82) is 0 Å². The first kappa shape index (κ1) is 20.6. The van der Waals surface area contributed by atoms with Gasteiger partial charge in [-0.25, -0.2) is 9.98 Å². The number of rotatable bonds is 3. The van der Waals surface area contributed by atoms with Crippen LogP contribution in [0.25, 0.3) is 0 Å². The van der Waals surface area contributed by atoms with Crippen LogP contribution in [0.1, 0.15) is 17.1 Å². The third kappa shape index (κ3) is 5.37. The fraction of sp³-hybridized carbons (Fsp3) is 0.333. The Balaban J connectivity index is 0.00000243. The van der Waals surface area contributed by atoms with Gasteiger partial charge in [-0.05, 0) is 12.1 Å². The van der Waals surface area contributed by atoms with Gasteiger partial charge in [0, 0.05) is 23.6 Å². The van der Waals surface area contributed by atoms with E-state index in [9.17, 15) is 13.2 Å². The SMILES string of the molecule is I.NC(=NCc1nc(C(F)(F)F)cs1)Nc1ccc2c(c1)OCCCO2. The largest absolute Gasteiger partial charge is 0.490 e. The zero-order chi connectivity index (χ0) is 17.9. The molecule has 142 valence electrons. The maximum absolute atomic E-state index is 12.5. The van der Waals surface area contributed by atoms with Gasteiger partial charge in [-0.2, -0.15) is 13.2 Å². The minimum atomic E-state index is -4.45. The molecule has 0 amide bonds. The fourth-order valence-corrected chi connectivity index (χ4v) is 2.82. The van der Waals surface area contributed by atoms with Crippen LogP contribution in [-0.2, 0) is 12.7 Å². The van der Waals surface area contributed by atoms with Crippen LogP contribution in [0.3, 0.4) is 0 Å². The molecule has 26 heavy (non-hydrogen) atoms. The average molecular weight is 500 g/mol. The maximum atomic E-state index is 12.5. The quantitative estimate of drug-likeness (QED) is 0.380. The van der Waals surface area contributed by atoms with E-state index in [-0.39, 0.29) is 41.5 Å². The van der Waals surface area contributed by atoms with Crippen LogP contribution in [0.15, 0.2) is 28.6 Å². The Hall–Kier alpha value is -1.76. The summed E-state index contributed by atoms with van der Waals surface area (Å²) in [6.45, 7) is 1.12. The number of thiazole rings is 1. The van der Waals surface area contributed by atoms with Crippen molar-refractivity contribution < 1.29 is 22.6 Å². The van der Waals surface area contributed by atoms with Crippen molar-refractivity contribution >= 4 is 47.0 Å². The molecule has 1 aromatic carbocycles. The number of benzene rings is 1. The molecule has 6 nitrogen and oxygen atoms in total. The minimum Gasteiger partial charge on any atom is -0.490 e. The van der Waals surface area contributed by atoms with Crippen LogP contribution in [0.2, 0.25) is 0 Å². The zero-order valence-corrected chi connectivity index (χ0v) is 16.5. The number of anilines is 1. The molecule has 0 bridgehead atoms. The monoisotopic (exact) mass is 500 g/mol. The summed E-state index contributed by atoms with van der Waals surface area (Å²) >= 11 is 0.888. The molecule has 0 radical (unpaired) electrons. The Labute approximate surface area is 168 Å². The summed E-state index contributed by atoms with van der Waals surface area (Å²) in [4.78, 5) is 7.50. The zero-order valence-electron chi connectivity index (χ0n) is 13.4. The topological polar surface area (TPSA) is 81.8 Å². The second kappa shape index (κ2) is 8.75. The molecular weight excluding hydrogens is 484 g/mol. The Morgan fingerprint density at radius 1 is 1.27 bits per heavy atom. The molecular formula is C15H16F3IN4O2S. The van der Waals surface area contributed by atoms with Crippen molar-refractivity contribution in [3.8, 4) is 11.5 Å². The summed E-state index contributed by atoms with van der Waals surface area (Å²) in [5.74, 6) is 1.32. The van der Waals surface area contributed by atoms with E-state index < -0.39 is 11.9 Å². The van der Waals surface area contributed by atoms with E-state index >= 15 is 0 Å². The van der Waals surface area contributed by atoms with E-state index in [4.69, 9.17) is 15.2 Å². The van der Waals surface area contributed by atoms with Gasteiger partial charge in [0.25, 0.3) is 0 Å². The molecule has 3 N–H and O–H groups in total. The average Bonchev–Trinajstić information content (AvgIpc) is 2.92. The van der Waals surface area contributed by atoms with E-state index in [0.29, 0.717) is 30.4 Å². The van der Waals surface area contributed by atoms with E-state index in [1.807, 2.05) is 0 Å². The van der Waals surface area contributed by atoms with E-state index in [0.717, 1.165) is 23.1 Å². The number of nitrogens with two attached hydrogens (primary N) is 1. The smallest absolute Gasteiger partial charge is 0.434 e. The van der Waals surface area contributed by atoms with E-state index in [2.05, 4.69) is 15.3 Å². The third-order valence-electron chi connectivity index (χ3n) is 3.25. The van der Waals surface area contributed by atoms with Gasteiger partial charge < -0.3 is 20.5 Å². The van der Waals surface area contributed by atoms with Crippen LogP contribution >= 0.6 is 35.3 Å². The Bertz CT molecular complexity index is 782. The molecule has 0 saturated carbocycles. The maximum Gasteiger partial charge on any atom is 0.434 e. The summed E-state index contributed by atoms with van der Waals surface area (Å²) in [6, 6.07) is 5.24. The number of alkyl halides is 3. The summed E-state index contributed by atoms with van der Waals surface area (Å²) in [6.07, 6.45) is -3.65. The van der Waals surface area contributed by atoms with Gasteiger partial charge in [-0.15, -0.1) is 35.3 Å². The first-order valence-corrected chi connectivity index (χ1v) is 8.28.